The van der Waals surface area contributed by atoms with Gasteiger partial charge in [-0.25, -0.2) is 8.42 Å². The van der Waals surface area contributed by atoms with Crippen molar-refractivity contribution in [2.45, 2.75) is 31.8 Å². The molecule has 4 rings (SSSR count). The third-order valence-corrected chi connectivity index (χ3v) is 6.52. The van der Waals surface area contributed by atoms with E-state index in [1.807, 2.05) is 36.4 Å². The number of carbonyl (C=O) groups is 1. The fourth-order valence-electron chi connectivity index (χ4n) is 3.75. The van der Waals surface area contributed by atoms with Crippen LogP contribution in [0.5, 0.6) is 0 Å². The molecule has 28 heavy (non-hydrogen) atoms. The summed E-state index contributed by atoms with van der Waals surface area (Å²) in [5.41, 5.74) is 3.30. The summed E-state index contributed by atoms with van der Waals surface area (Å²) < 4.78 is 33.1. The van der Waals surface area contributed by atoms with E-state index < -0.39 is 10.0 Å². The molecule has 2 aliphatic heterocycles. The summed E-state index contributed by atoms with van der Waals surface area (Å²) in [6, 6.07) is 15.0. The Balaban J connectivity index is 1.46. The first-order valence-corrected chi connectivity index (χ1v) is 11.3. The van der Waals surface area contributed by atoms with Crippen LogP contribution >= 0.6 is 0 Å². The van der Waals surface area contributed by atoms with Crippen LogP contribution in [-0.2, 0) is 32.4 Å². The van der Waals surface area contributed by atoms with Gasteiger partial charge in [-0.3, -0.25) is 9.52 Å². The van der Waals surface area contributed by atoms with Gasteiger partial charge in [0.25, 0.3) is 5.91 Å². The maximum Gasteiger partial charge on any atom is 0.256 e. The second-order valence-corrected chi connectivity index (χ2v) is 9.08. The maximum absolute atomic E-state index is 12.7. The molecule has 1 fully saturated rings. The number of amides is 1. The second kappa shape index (κ2) is 7.93. The lowest BCUT2D eigenvalue weighted by molar-refractivity contribution is -0.127. The predicted octanol–water partition coefficient (Wildman–Crippen LogP) is 2.74. The van der Waals surface area contributed by atoms with Crippen LogP contribution in [0, 0.1) is 0 Å². The molecule has 2 aromatic carbocycles. The molecule has 1 amide bonds. The maximum atomic E-state index is 12.7. The first-order chi connectivity index (χ1) is 13.5. The van der Waals surface area contributed by atoms with Crippen LogP contribution in [0.3, 0.4) is 0 Å². The SMILES string of the molecule is O=C(C1CCCO1)N1CCc2ccc(NS(=O)(=O)CCc3ccccc3)cc21. The highest BCUT2D eigenvalue weighted by Gasteiger charge is 2.32. The Labute approximate surface area is 165 Å². The molecule has 0 bridgehead atoms. The van der Waals surface area contributed by atoms with Crippen molar-refractivity contribution >= 4 is 27.3 Å². The Bertz CT molecular complexity index is 954. The van der Waals surface area contributed by atoms with Crippen LogP contribution in [0.25, 0.3) is 0 Å². The lowest BCUT2D eigenvalue weighted by Crippen LogP contribution is -2.37. The second-order valence-electron chi connectivity index (χ2n) is 7.24. The fraction of sp³-hybridized carbons (Fsp3) is 0.381. The number of carbonyl (C=O) groups excluding carboxylic acids is 1. The molecule has 0 aromatic heterocycles. The Morgan fingerprint density at radius 1 is 1.18 bits per heavy atom. The Morgan fingerprint density at radius 2 is 2.00 bits per heavy atom. The number of benzene rings is 2. The number of nitrogens with zero attached hydrogens (tertiary/aromatic N) is 1. The number of fused-ring (bicyclic) bond motifs is 1. The van der Waals surface area contributed by atoms with Gasteiger partial charge >= 0.3 is 0 Å². The van der Waals surface area contributed by atoms with Crippen molar-refractivity contribution < 1.29 is 17.9 Å². The molecule has 1 saturated heterocycles. The number of anilines is 2. The van der Waals surface area contributed by atoms with Crippen LogP contribution < -0.4 is 9.62 Å². The quantitative estimate of drug-likeness (QED) is 0.809. The van der Waals surface area contributed by atoms with Crippen molar-refractivity contribution in [2.24, 2.45) is 0 Å². The fourth-order valence-corrected chi connectivity index (χ4v) is 4.84. The molecule has 148 valence electrons. The Morgan fingerprint density at radius 3 is 2.75 bits per heavy atom. The van der Waals surface area contributed by atoms with E-state index in [4.69, 9.17) is 4.74 Å². The van der Waals surface area contributed by atoms with Crippen molar-refractivity contribution in [1.29, 1.82) is 0 Å². The average molecular weight is 401 g/mol. The number of nitrogens with one attached hydrogen (secondary N) is 1. The van der Waals surface area contributed by atoms with E-state index in [1.165, 1.54) is 0 Å². The third-order valence-electron chi connectivity index (χ3n) is 5.23. The zero-order valence-electron chi connectivity index (χ0n) is 15.6. The molecular formula is C21H24N2O4S. The summed E-state index contributed by atoms with van der Waals surface area (Å²) in [5, 5.41) is 0. The van der Waals surface area contributed by atoms with Gasteiger partial charge in [-0.1, -0.05) is 36.4 Å². The summed E-state index contributed by atoms with van der Waals surface area (Å²) in [4.78, 5) is 14.5. The van der Waals surface area contributed by atoms with Gasteiger partial charge in [0.05, 0.1) is 11.4 Å². The van der Waals surface area contributed by atoms with E-state index in [0.717, 1.165) is 36.1 Å². The number of aryl methyl sites for hydroxylation is 1. The molecule has 2 aromatic rings. The first kappa shape index (κ1) is 19.0. The van der Waals surface area contributed by atoms with Gasteiger partial charge in [0.2, 0.25) is 10.0 Å². The van der Waals surface area contributed by atoms with Gasteiger partial charge in [0.15, 0.2) is 0 Å². The van der Waals surface area contributed by atoms with Crippen LogP contribution in [0.1, 0.15) is 24.0 Å². The van der Waals surface area contributed by atoms with Crippen molar-refractivity contribution in [2.75, 3.05) is 28.5 Å². The largest absolute Gasteiger partial charge is 0.368 e. The molecule has 6 nitrogen and oxygen atoms in total. The van der Waals surface area contributed by atoms with Crippen LogP contribution in [0.2, 0.25) is 0 Å². The standard InChI is InChI=1S/C21H24N2O4S/c24-21(20-7-4-13-27-20)23-12-10-17-8-9-18(15-19(17)23)22-28(25,26)14-11-16-5-2-1-3-6-16/h1-3,5-6,8-9,15,20,22H,4,7,10-14H2. The highest BCUT2D eigenvalue weighted by molar-refractivity contribution is 7.92. The molecule has 0 aliphatic carbocycles. The van der Waals surface area contributed by atoms with E-state index in [9.17, 15) is 13.2 Å². The third kappa shape index (κ3) is 4.20. The average Bonchev–Trinajstić information content (AvgIpc) is 3.36. The molecule has 2 heterocycles. The van der Waals surface area contributed by atoms with Crippen LogP contribution in [0.4, 0.5) is 11.4 Å². The Kier molecular flexibility index (Phi) is 5.37. The normalized spacial score (nSPS) is 18.9. The Hall–Kier alpha value is -2.38. The molecular weight excluding hydrogens is 376 g/mol. The minimum absolute atomic E-state index is 0.00660. The molecule has 2 aliphatic rings. The highest BCUT2D eigenvalue weighted by atomic mass is 32.2. The summed E-state index contributed by atoms with van der Waals surface area (Å²) >= 11 is 0. The van der Waals surface area contributed by atoms with Gasteiger partial charge in [0, 0.05) is 18.8 Å². The molecule has 1 atom stereocenters. The number of hydrogen-bond acceptors (Lipinski definition) is 4. The van der Waals surface area contributed by atoms with Crippen LogP contribution in [0.15, 0.2) is 48.5 Å². The lowest BCUT2D eigenvalue weighted by Gasteiger charge is -2.21. The summed E-state index contributed by atoms with van der Waals surface area (Å²) in [6.07, 6.45) is 2.49. The minimum atomic E-state index is -3.48. The van der Waals surface area contributed by atoms with E-state index in [-0.39, 0.29) is 17.8 Å². The van der Waals surface area contributed by atoms with Gasteiger partial charge < -0.3 is 9.64 Å². The van der Waals surface area contributed by atoms with E-state index >= 15 is 0 Å². The summed E-state index contributed by atoms with van der Waals surface area (Å²) in [7, 11) is -3.48. The monoisotopic (exact) mass is 400 g/mol. The number of ether oxygens (including phenoxy) is 1. The smallest absolute Gasteiger partial charge is 0.256 e. The van der Waals surface area contributed by atoms with Crippen molar-refractivity contribution in [3.05, 3.63) is 59.7 Å². The summed E-state index contributed by atoms with van der Waals surface area (Å²) in [6.45, 7) is 1.23. The molecule has 1 N–H and O–H groups in total. The number of sulfonamides is 1. The van der Waals surface area contributed by atoms with Gasteiger partial charge in [-0.2, -0.15) is 0 Å². The van der Waals surface area contributed by atoms with Gasteiger partial charge in [-0.15, -0.1) is 0 Å². The van der Waals surface area contributed by atoms with E-state index in [0.29, 0.717) is 25.3 Å². The molecule has 0 spiro atoms. The van der Waals surface area contributed by atoms with Gasteiger partial charge in [0.1, 0.15) is 6.10 Å². The topological polar surface area (TPSA) is 75.7 Å². The van der Waals surface area contributed by atoms with E-state index in [1.54, 1.807) is 17.0 Å². The van der Waals surface area contributed by atoms with Crippen molar-refractivity contribution in [3.8, 4) is 0 Å². The molecule has 0 radical (unpaired) electrons. The minimum Gasteiger partial charge on any atom is -0.368 e. The van der Waals surface area contributed by atoms with Crippen LogP contribution in [-0.4, -0.2) is 39.3 Å². The molecule has 1 unspecified atom stereocenters. The van der Waals surface area contributed by atoms with Crippen molar-refractivity contribution in [3.63, 3.8) is 0 Å². The first-order valence-electron chi connectivity index (χ1n) is 9.62. The van der Waals surface area contributed by atoms with E-state index in [2.05, 4.69) is 4.72 Å². The van der Waals surface area contributed by atoms with Gasteiger partial charge in [-0.05, 0) is 48.9 Å². The predicted molar refractivity (Wildman–Crippen MR) is 109 cm³/mol. The number of hydrogen-bond donors (Lipinski definition) is 1. The zero-order chi connectivity index (χ0) is 19.6. The highest BCUT2D eigenvalue weighted by Crippen LogP contribution is 2.33. The molecule has 7 heteroatoms. The summed E-state index contributed by atoms with van der Waals surface area (Å²) in [5.74, 6) is -0.0209. The number of rotatable bonds is 6. The lowest BCUT2D eigenvalue weighted by atomic mass is 10.1. The molecule has 0 saturated carbocycles. The zero-order valence-corrected chi connectivity index (χ0v) is 16.5. The van der Waals surface area contributed by atoms with Crippen molar-refractivity contribution in [1.82, 2.24) is 0 Å².